The number of hydrogen-bond acceptors (Lipinski definition) is 6. The van der Waals surface area contributed by atoms with Gasteiger partial charge >= 0.3 is 0 Å². The van der Waals surface area contributed by atoms with Crippen LogP contribution in [0, 0.1) is 5.82 Å². The van der Waals surface area contributed by atoms with Gasteiger partial charge in [-0.25, -0.2) is 4.39 Å². The van der Waals surface area contributed by atoms with Crippen LogP contribution >= 0.6 is 0 Å². The second-order valence-electron chi connectivity index (χ2n) is 10.4. The molecule has 2 saturated heterocycles. The molecule has 0 saturated carbocycles. The van der Waals surface area contributed by atoms with Crippen LogP contribution in [0.25, 0.3) is 0 Å². The van der Waals surface area contributed by atoms with E-state index < -0.39 is 23.7 Å². The number of carbonyl (C=O) groups is 3. The van der Waals surface area contributed by atoms with Gasteiger partial charge in [-0.05, 0) is 46.9 Å². The molecule has 2 unspecified atom stereocenters. The van der Waals surface area contributed by atoms with Crippen molar-refractivity contribution in [3.8, 4) is 0 Å². The molecule has 9 heteroatoms. The zero-order chi connectivity index (χ0) is 26.9. The van der Waals surface area contributed by atoms with Crippen molar-refractivity contribution in [2.75, 3.05) is 26.2 Å². The standard InChI is InChI=1S/C30H30FN5O3/c31-24-17-20(16-23-19-36(30(39)27(23)24)25-6-7-26(37)33-29(25)38)18-34-12-14-35(15-13-34)28(21-4-2-1-3-5-21)22-8-10-32-11-9-22/h1-5,8-11,16-17,25,28H,6-7,12-15,18-19H2,(H,33,37,38). The molecular formula is C30H30FN5O3. The van der Waals surface area contributed by atoms with E-state index in [0.29, 0.717) is 12.1 Å². The predicted molar refractivity (Wildman–Crippen MR) is 142 cm³/mol. The van der Waals surface area contributed by atoms with Gasteiger partial charge in [0, 0.05) is 58.1 Å². The number of piperidine rings is 1. The van der Waals surface area contributed by atoms with Crippen molar-refractivity contribution in [2.45, 2.75) is 38.0 Å². The van der Waals surface area contributed by atoms with Crippen LogP contribution in [-0.2, 0) is 22.7 Å². The summed E-state index contributed by atoms with van der Waals surface area (Å²) in [6.07, 6.45) is 4.08. The number of fused-ring (bicyclic) bond motifs is 1. The van der Waals surface area contributed by atoms with Gasteiger partial charge in [0.1, 0.15) is 11.9 Å². The summed E-state index contributed by atoms with van der Waals surface area (Å²) in [5.41, 5.74) is 3.89. The summed E-state index contributed by atoms with van der Waals surface area (Å²) >= 11 is 0. The molecule has 0 radical (unpaired) electrons. The number of aromatic nitrogens is 1. The van der Waals surface area contributed by atoms with Crippen LogP contribution in [0.4, 0.5) is 4.39 Å². The quantitative estimate of drug-likeness (QED) is 0.497. The number of pyridine rings is 1. The normalized spacial score (nSPS) is 21.1. The highest BCUT2D eigenvalue weighted by atomic mass is 19.1. The number of nitrogens with zero attached hydrogens (tertiary/aromatic N) is 4. The van der Waals surface area contributed by atoms with Crippen molar-refractivity contribution in [3.63, 3.8) is 0 Å². The largest absolute Gasteiger partial charge is 0.322 e. The molecule has 2 aromatic carbocycles. The number of hydrogen-bond donors (Lipinski definition) is 1. The van der Waals surface area contributed by atoms with Gasteiger partial charge in [-0.2, -0.15) is 0 Å². The van der Waals surface area contributed by atoms with Gasteiger partial charge < -0.3 is 4.90 Å². The van der Waals surface area contributed by atoms with E-state index in [1.807, 2.05) is 24.5 Å². The van der Waals surface area contributed by atoms with E-state index in [1.54, 1.807) is 0 Å². The highest BCUT2D eigenvalue weighted by Crippen LogP contribution is 2.32. The van der Waals surface area contributed by atoms with Crippen LogP contribution in [0.3, 0.4) is 0 Å². The predicted octanol–water partition coefficient (Wildman–Crippen LogP) is 2.89. The molecule has 0 spiro atoms. The number of halogens is 1. The van der Waals surface area contributed by atoms with Crippen molar-refractivity contribution >= 4 is 17.7 Å². The summed E-state index contributed by atoms with van der Waals surface area (Å²) < 4.78 is 15.2. The van der Waals surface area contributed by atoms with Gasteiger partial charge in [-0.1, -0.05) is 36.4 Å². The van der Waals surface area contributed by atoms with E-state index in [2.05, 4.69) is 56.5 Å². The van der Waals surface area contributed by atoms with Crippen molar-refractivity contribution in [1.29, 1.82) is 0 Å². The number of benzene rings is 2. The van der Waals surface area contributed by atoms with Gasteiger partial charge in [0.2, 0.25) is 11.8 Å². The topological polar surface area (TPSA) is 85.9 Å². The first-order chi connectivity index (χ1) is 19.0. The highest BCUT2D eigenvalue weighted by Gasteiger charge is 2.40. The Balaban J connectivity index is 1.13. The summed E-state index contributed by atoms with van der Waals surface area (Å²) in [7, 11) is 0. The molecule has 39 heavy (non-hydrogen) atoms. The van der Waals surface area contributed by atoms with Crippen LogP contribution in [0.1, 0.15) is 51.5 Å². The molecule has 0 aliphatic carbocycles. The van der Waals surface area contributed by atoms with Gasteiger partial charge in [-0.3, -0.25) is 34.5 Å². The second kappa shape index (κ2) is 10.7. The van der Waals surface area contributed by atoms with E-state index >= 15 is 4.39 Å². The zero-order valence-electron chi connectivity index (χ0n) is 21.6. The molecule has 1 aromatic heterocycles. The Kier molecular flexibility index (Phi) is 6.93. The third kappa shape index (κ3) is 5.07. The average Bonchev–Trinajstić information content (AvgIpc) is 3.27. The van der Waals surface area contributed by atoms with Crippen LogP contribution in [0.2, 0.25) is 0 Å². The smallest absolute Gasteiger partial charge is 0.258 e. The van der Waals surface area contributed by atoms with Crippen LogP contribution in [0.15, 0.2) is 67.0 Å². The van der Waals surface area contributed by atoms with E-state index in [9.17, 15) is 14.4 Å². The Labute approximate surface area is 226 Å². The third-order valence-electron chi connectivity index (χ3n) is 7.95. The van der Waals surface area contributed by atoms with E-state index in [0.717, 1.165) is 31.7 Å². The van der Waals surface area contributed by atoms with Crippen molar-refractivity contribution < 1.29 is 18.8 Å². The number of carbonyl (C=O) groups excluding carboxylic acids is 3. The molecule has 200 valence electrons. The lowest BCUT2D eigenvalue weighted by molar-refractivity contribution is -0.136. The fourth-order valence-corrected chi connectivity index (χ4v) is 6.04. The first kappa shape index (κ1) is 25.3. The van der Waals surface area contributed by atoms with Gasteiger partial charge in [0.15, 0.2) is 0 Å². The SMILES string of the molecule is O=C1CCC(N2Cc3cc(CN4CCN(C(c5ccccc5)c5ccncc5)CC4)cc(F)c3C2=O)C(=O)N1. The first-order valence-electron chi connectivity index (χ1n) is 13.3. The van der Waals surface area contributed by atoms with Crippen LogP contribution in [-0.4, -0.2) is 69.6 Å². The molecule has 6 rings (SSSR count). The Morgan fingerprint density at radius 2 is 1.67 bits per heavy atom. The maximum atomic E-state index is 15.2. The maximum absolute atomic E-state index is 15.2. The number of rotatable bonds is 6. The fraction of sp³-hybridized carbons (Fsp3) is 0.333. The lowest BCUT2D eigenvalue weighted by atomic mass is 9.97. The van der Waals surface area contributed by atoms with Crippen molar-refractivity contribution in [1.82, 2.24) is 25.0 Å². The number of imide groups is 1. The van der Waals surface area contributed by atoms with Gasteiger partial charge in [0.05, 0.1) is 11.6 Å². The minimum atomic E-state index is -0.753. The number of piperazine rings is 1. The Bertz CT molecular complexity index is 1350. The van der Waals surface area contributed by atoms with Crippen LogP contribution < -0.4 is 5.32 Å². The second-order valence-corrected chi connectivity index (χ2v) is 10.4. The lowest BCUT2D eigenvalue weighted by Gasteiger charge is -2.39. The molecule has 3 aliphatic heterocycles. The third-order valence-corrected chi connectivity index (χ3v) is 7.95. The van der Waals surface area contributed by atoms with Crippen molar-refractivity contribution in [3.05, 3.63) is 101 Å². The highest BCUT2D eigenvalue weighted by molar-refractivity contribution is 6.05. The molecular weight excluding hydrogens is 497 g/mol. The Morgan fingerprint density at radius 1 is 0.949 bits per heavy atom. The fourth-order valence-electron chi connectivity index (χ4n) is 6.04. The zero-order valence-corrected chi connectivity index (χ0v) is 21.6. The van der Waals surface area contributed by atoms with Crippen molar-refractivity contribution in [2.24, 2.45) is 0 Å². The average molecular weight is 528 g/mol. The molecule has 4 heterocycles. The minimum absolute atomic E-state index is 0.0383. The molecule has 3 amide bonds. The first-order valence-corrected chi connectivity index (χ1v) is 13.3. The number of amides is 3. The molecule has 8 nitrogen and oxygen atoms in total. The summed E-state index contributed by atoms with van der Waals surface area (Å²) in [5, 5.41) is 2.29. The van der Waals surface area contributed by atoms with Gasteiger partial charge in [0.25, 0.3) is 5.91 Å². The van der Waals surface area contributed by atoms with Gasteiger partial charge in [-0.15, -0.1) is 0 Å². The summed E-state index contributed by atoms with van der Waals surface area (Å²) in [4.78, 5) is 47.2. The Morgan fingerprint density at radius 3 is 2.38 bits per heavy atom. The summed E-state index contributed by atoms with van der Waals surface area (Å²) in [6.45, 7) is 4.12. The van der Waals surface area contributed by atoms with E-state index in [4.69, 9.17) is 0 Å². The molecule has 0 bridgehead atoms. The Hall–Kier alpha value is -3.95. The van der Waals surface area contributed by atoms with E-state index in [1.165, 1.54) is 22.1 Å². The maximum Gasteiger partial charge on any atom is 0.258 e. The number of nitrogens with one attached hydrogen (secondary N) is 1. The lowest BCUT2D eigenvalue weighted by Crippen LogP contribution is -2.52. The monoisotopic (exact) mass is 527 g/mol. The molecule has 3 aliphatic rings. The summed E-state index contributed by atoms with van der Waals surface area (Å²) in [6, 6.07) is 17.3. The molecule has 3 aromatic rings. The minimum Gasteiger partial charge on any atom is -0.322 e. The molecule has 1 N–H and O–H groups in total. The van der Waals surface area contributed by atoms with Crippen LogP contribution in [0.5, 0.6) is 0 Å². The molecule has 2 atom stereocenters. The molecule has 2 fully saturated rings. The summed E-state index contributed by atoms with van der Waals surface area (Å²) in [5.74, 6) is -1.88. The van der Waals surface area contributed by atoms with E-state index in [-0.39, 0.29) is 36.9 Å².